The fourth-order valence-electron chi connectivity index (χ4n) is 2.31. The third-order valence-electron chi connectivity index (χ3n) is 3.21. The van der Waals surface area contributed by atoms with Crippen LogP contribution < -0.4 is 5.32 Å². The number of benzene rings is 1. The summed E-state index contributed by atoms with van der Waals surface area (Å²) in [4.78, 5) is 0. The van der Waals surface area contributed by atoms with Gasteiger partial charge in [-0.3, -0.25) is 0 Å². The van der Waals surface area contributed by atoms with Gasteiger partial charge < -0.3 is 5.32 Å². The maximum absolute atomic E-state index is 13.5. The van der Waals surface area contributed by atoms with Crippen LogP contribution in [0, 0.1) is 17.0 Å². The van der Waals surface area contributed by atoms with Gasteiger partial charge in [-0.15, -0.1) is 0 Å². The maximum Gasteiger partial charge on any atom is 0.130 e. The Kier molecular flexibility index (Phi) is 4.28. The lowest BCUT2D eigenvalue weighted by Crippen LogP contribution is -2.40. The SMILES string of the molecule is CC1(C)CSCC(NCc2ccc(F)cc2F)C1. The van der Waals surface area contributed by atoms with E-state index in [1.807, 2.05) is 11.8 Å². The Morgan fingerprint density at radius 2 is 2.17 bits per heavy atom. The molecule has 1 aromatic rings. The van der Waals surface area contributed by atoms with E-state index in [0.717, 1.165) is 18.2 Å². The molecule has 1 saturated heterocycles. The molecule has 1 aliphatic rings. The van der Waals surface area contributed by atoms with Gasteiger partial charge in [-0.25, -0.2) is 8.78 Å². The van der Waals surface area contributed by atoms with Crippen molar-refractivity contribution in [2.45, 2.75) is 32.9 Å². The first-order valence-electron chi connectivity index (χ1n) is 6.21. The average Bonchev–Trinajstić information content (AvgIpc) is 2.26. The van der Waals surface area contributed by atoms with Crippen molar-refractivity contribution < 1.29 is 8.78 Å². The summed E-state index contributed by atoms with van der Waals surface area (Å²) in [6.07, 6.45) is 1.10. The maximum atomic E-state index is 13.5. The van der Waals surface area contributed by atoms with E-state index in [1.54, 1.807) is 0 Å². The van der Waals surface area contributed by atoms with Gasteiger partial charge in [-0.2, -0.15) is 11.8 Å². The summed E-state index contributed by atoms with van der Waals surface area (Å²) < 4.78 is 26.3. The van der Waals surface area contributed by atoms with Crippen LogP contribution >= 0.6 is 11.8 Å². The molecule has 18 heavy (non-hydrogen) atoms. The van der Waals surface area contributed by atoms with Gasteiger partial charge in [0, 0.05) is 30.0 Å². The van der Waals surface area contributed by atoms with E-state index in [2.05, 4.69) is 19.2 Å². The smallest absolute Gasteiger partial charge is 0.130 e. The van der Waals surface area contributed by atoms with Gasteiger partial charge in [-0.05, 0) is 23.7 Å². The minimum atomic E-state index is -0.523. The molecule has 2 rings (SSSR count). The monoisotopic (exact) mass is 271 g/mol. The quantitative estimate of drug-likeness (QED) is 0.901. The van der Waals surface area contributed by atoms with Crippen LogP contribution in [0.4, 0.5) is 8.78 Å². The van der Waals surface area contributed by atoms with Crippen molar-refractivity contribution in [1.82, 2.24) is 5.32 Å². The van der Waals surface area contributed by atoms with Crippen molar-refractivity contribution in [3.05, 3.63) is 35.4 Å². The highest BCUT2D eigenvalue weighted by Gasteiger charge is 2.28. The van der Waals surface area contributed by atoms with E-state index in [-0.39, 0.29) is 0 Å². The standard InChI is InChI=1S/C14H19F2NS/c1-14(2)6-12(8-18-9-14)17-7-10-3-4-11(15)5-13(10)16/h3-5,12,17H,6-9H2,1-2H3. The van der Waals surface area contributed by atoms with Crippen LogP contribution in [-0.2, 0) is 6.54 Å². The molecule has 1 atom stereocenters. The zero-order chi connectivity index (χ0) is 13.2. The molecule has 0 amide bonds. The first-order chi connectivity index (χ1) is 8.46. The molecule has 0 spiro atoms. The van der Waals surface area contributed by atoms with Crippen molar-refractivity contribution >= 4 is 11.8 Å². The molecule has 1 N–H and O–H groups in total. The highest BCUT2D eigenvalue weighted by Crippen LogP contribution is 2.33. The molecule has 1 aromatic carbocycles. The van der Waals surface area contributed by atoms with Crippen LogP contribution in [0.5, 0.6) is 0 Å². The molecule has 0 bridgehead atoms. The molecule has 0 aromatic heterocycles. The fraction of sp³-hybridized carbons (Fsp3) is 0.571. The van der Waals surface area contributed by atoms with E-state index >= 15 is 0 Å². The minimum absolute atomic E-state index is 0.335. The number of rotatable bonds is 3. The van der Waals surface area contributed by atoms with Crippen LogP contribution in [0.25, 0.3) is 0 Å². The zero-order valence-corrected chi connectivity index (χ0v) is 11.6. The van der Waals surface area contributed by atoms with Crippen molar-refractivity contribution in [3.63, 3.8) is 0 Å². The van der Waals surface area contributed by atoms with E-state index in [9.17, 15) is 8.78 Å². The largest absolute Gasteiger partial charge is 0.309 e. The van der Waals surface area contributed by atoms with Crippen LogP contribution in [0.1, 0.15) is 25.8 Å². The Labute approximate surface area is 111 Å². The van der Waals surface area contributed by atoms with Crippen LogP contribution in [0.2, 0.25) is 0 Å². The Hall–Kier alpha value is -0.610. The van der Waals surface area contributed by atoms with Crippen LogP contribution in [-0.4, -0.2) is 17.5 Å². The first kappa shape index (κ1) is 13.8. The highest BCUT2D eigenvalue weighted by molar-refractivity contribution is 7.99. The molecular formula is C14H19F2NS. The van der Waals surface area contributed by atoms with Gasteiger partial charge in [0.2, 0.25) is 0 Å². The van der Waals surface area contributed by atoms with Crippen LogP contribution in [0.15, 0.2) is 18.2 Å². The van der Waals surface area contributed by atoms with Crippen molar-refractivity contribution in [2.75, 3.05) is 11.5 Å². The van der Waals surface area contributed by atoms with Gasteiger partial charge in [0.05, 0.1) is 0 Å². The summed E-state index contributed by atoms with van der Waals surface area (Å²) in [7, 11) is 0. The molecule has 1 heterocycles. The molecule has 4 heteroatoms. The Balaban J connectivity index is 1.91. The van der Waals surface area contributed by atoms with Crippen molar-refractivity contribution in [1.29, 1.82) is 0 Å². The van der Waals surface area contributed by atoms with Crippen molar-refractivity contribution in [3.8, 4) is 0 Å². The Morgan fingerprint density at radius 1 is 1.39 bits per heavy atom. The van der Waals surface area contributed by atoms with Gasteiger partial charge in [0.25, 0.3) is 0 Å². The highest BCUT2D eigenvalue weighted by atomic mass is 32.2. The predicted molar refractivity (Wildman–Crippen MR) is 72.7 cm³/mol. The topological polar surface area (TPSA) is 12.0 Å². The molecule has 1 aliphatic heterocycles. The molecule has 0 radical (unpaired) electrons. The third kappa shape index (κ3) is 3.69. The van der Waals surface area contributed by atoms with E-state index < -0.39 is 11.6 Å². The van der Waals surface area contributed by atoms with E-state index in [4.69, 9.17) is 0 Å². The summed E-state index contributed by atoms with van der Waals surface area (Å²) in [5, 5.41) is 3.37. The second-order valence-corrected chi connectivity index (χ2v) is 6.73. The molecule has 1 nitrogen and oxygen atoms in total. The second-order valence-electron chi connectivity index (χ2n) is 5.70. The minimum Gasteiger partial charge on any atom is -0.309 e. The van der Waals surface area contributed by atoms with Gasteiger partial charge in [0.15, 0.2) is 0 Å². The lowest BCUT2D eigenvalue weighted by molar-refractivity contribution is 0.316. The Bertz CT molecular complexity index is 420. The number of hydrogen-bond acceptors (Lipinski definition) is 2. The molecule has 1 fully saturated rings. The predicted octanol–water partition coefficient (Wildman–Crippen LogP) is 3.59. The molecule has 100 valence electrons. The number of hydrogen-bond donors (Lipinski definition) is 1. The number of halogens is 2. The Morgan fingerprint density at radius 3 is 2.83 bits per heavy atom. The summed E-state index contributed by atoms with van der Waals surface area (Å²) in [5.74, 6) is 1.25. The number of thioether (sulfide) groups is 1. The van der Waals surface area contributed by atoms with Crippen LogP contribution in [0.3, 0.4) is 0 Å². The van der Waals surface area contributed by atoms with E-state index in [0.29, 0.717) is 23.6 Å². The first-order valence-corrected chi connectivity index (χ1v) is 7.37. The average molecular weight is 271 g/mol. The summed E-state index contributed by atoms with van der Waals surface area (Å²) in [6, 6.07) is 4.16. The number of nitrogens with one attached hydrogen (secondary N) is 1. The molecule has 0 aliphatic carbocycles. The van der Waals surface area contributed by atoms with Gasteiger partial charge in [0.1, 0.15) is 11.6 Å². The van der Waals surface area contributed by atoms with Crippen molar-refractivity contribution in [2.24, 2.45) is 5.41 Å². The normalized spacial score (nSPS) is 23.0. The van der Waals surface area contributed by atoms with E-state index in [1.165, 1.54) is 17.9 Å². The third-order valence-corrected chi connectivity index (χ3v) is 4.83. The van der Waals surface area contributed by atoms with Gasteiger partial charge in [-0.1, -0.05) is 19.9 Å². The molecule has 0 saturated carbocycles. The fourth-order valence-corrected chi connectivity index (χ4v) is 3.62. The summed E-state index contributed by atoms with van der Waals surface area (Å²) in [5.41, 5.74) is 0.867. The second kappa shape index (κ2) is 5.57. The van der Waals surface area contributed by atoms with Gasteiger partial charge >= 0.3 is 0 Å². The zero-order valence-electron chi connectivity index (χ0n) is 10.8. The lowest BCUT2D eigenvalue weighted by Gasteiger charge is -2.35. The molecule has 1 unspecified atom stereocenters. The summed E-state index contributed by atoms with van der Waals surface area (Å²) >= 11 is 1.94. The summed E-state index contributed by atoms with van der Waals surface area (Å²) in [6.45, 7) is 4.98. The molecular weight excluding hydrogens is 252 g/mol. The lowest BCUT2D eigenvalue weighted by atomic mass is 9.88.